The summed E-state index contributed by atoms with van der Waals surface area (Å²) in [7, 11) is 0. The molecule has 0 fully saturated rings. The lowest BCUT2D eigenvalue weighted by Gasteiger charge is -2.08. The molecule has 3 nitrogen and oxygen atoms in total. The molecule has 0 unspecified atom stereocenters. The van der Waals surface area contributed by atoms with Crippen LogP contribution in [-0.2, 0) is 6.42 Å². The summed E-state index contributed by atoms with van der Waals surface area (Å²) in [6.07, 6.45) is 0.375. The van der Waals surface area contributed by atoms with Crippen molar-refractivity contribution in [2.24, 2.45) is 0 Å². The Labute approximate surface area is 134 Å². The second kappa shape index (κ2) is 5.58. The van der Waals surface area contributed by atoms with Crippen LogP contribution in [0.25, 0.3) is 16.2 Å². The van der Waals surface area contributed by atoms with Gasteiger partial charge in [0.15, 0.2) is 4.96 Å². The van der Waals surface area contributed by atoms with Crippen molar-refractivity contribution in [3.8, 4) is 17.3 Å². The summed E-state index contributed by atoms with van der Waals surface area (Å²) in [5, 5.41) is 11.4. The van der Waals surface area contributed by atoms with Gasteiger partial charge in [-0.3, -0.25) is 4.40 Å². The number of fused-ring (bicyclic) bond motifs is 1. The first-order valence-electron chi connectivity index (χ1n) is 7.46. The third kappa shape index (κ3) is 2.32. The molecule has 112 valence electrons. The minimum absolute atomic E-state index is 0.375. The number of imidazole rings is 1. The van der Waals surface area contributed by atoms with Gasteiger partial charge in [0.2, 0.25) is 0 Å². The molecule has 0 aliphatic carbocycles. The third-order valence-electron chi connectivity index (χ3n) is 3.96. The predicted molar refractivity (Wildman–Crippen MR) is 91.4 cm³/mol. The monoisotopic (exact) mass is 309 g/mol. The lowest BCUT2D eigenvalue weighted by atomic mass is 10.0. The van der Waals surface area contributed by atoms with Crippen LogP contribution >= 0.6 is 11.3 Å². The molecule has 4 heteroatoms. The molecule has 0 bridgehead atoms. The zero-order valence-electron chi connectivity index (χ0n) is 13.3. The molecule has 0 saturated carbocycles. The first kappa shape index (κ1) is 14.8. The van der Waals surface area contributed by atoms with Crippen molar-refractivity contribution < 1.29 is 0 Å². The van der Waals surface area contributed by atoms with E-state index < -0.39 is 0 Å². The molecular weight excluding hydrogens is 290 g/mol. The predicted octanol–water partition coefficient (Wildman–Crippen LogP) is 4.87. The molecule has 0 spiro atoms. The van der Waals surface area contributed by atoms with Gasteiger partial charge in [0.05, 0.1) is 23.9 Å². The van der Waals surface area contributed by atoms with Gasteiger partial charge < -0.3 is 0 Å². The maximum Gasteiger partial charge on any atom is 0.194 e. The lowest BCUT2D eigenvalue weighted by molar-refractivity contribution is 0.799. The summed E-state index contributed by atoms with van der Waals surface area (Å²) in [5.74, 6) is 0.410. The van der Waals surface area contributed by atoms with Crippen LogP contribution in [0, 0.1) is 25.2 Å². The molecule has 2 aromatic heterocycles. The summed E-state index contributed by atoms with van der Waals surface area (Å²) in [6.45, 7) is 8.55. The number of hydrogen-bond donors (Lipinski definition) is 0. The molecule has 0 aliphatic rings. The largest absolute Gasteiger partial charge is 0.290 e. The van der Waals surface area contributed by atoms with Crippen LogP contribution in [0.1, 0.15) is 42.3 Å². The average Bonchev–Trinajstić information content (AvgIpc) is 3.00. The van der Waals surface area contributed by atoms with E-state index in [4.69, 9.17) is 4.98 Å². The SMILES string of the molecule is Cc1ccc(-c2nc3scc(C(C)C)n3c2CC#N)c(C)c1. The highest BCUT2D eigenvalue weighted by Gasteiger charge is 2.20. The van der Waals surface area contributed by atoms with Crippen molar-refractivity contribution in [3.05, 3.63) is 46.1 Å². The number of nitrogens with zero attached hydrogens (tertiary/aromatic N) is 3. The van der Waals surface area contributed by atoms with E-state index in [1.54, 1.807) is 11.3 Å². The van der Waals surface area contributed by atoms with E-state index in [0.29, 0.717) is 12.3 Å². The standard InChI is InChI=1S/C18H19N3S/c1-11(2)16-10-22-18-20-17(15(7-8-19)21(16)18)14-6-5-12(3)9-13(14)4/h5-6,9-11H,7H2,1-4H3. The van der Waals surface area contributed by atoms with Crippen molar-refractivity contribution in [1.29, 1.82) is 5.26 Å². The highest BCUT2D eigenvalue weighted by atomic mass is 32.1. The van der Waals surface area contributed by atoms with Crippen LogP contribution in [0.2, 0.25) is 0 Å². The van der Waals surface area contributed by atoms with Gasteiger partial charge >= 0.3 is 0 Å². The minimum Gasteiger partial charge on any atom is -0.290 e. The van der Waals surface area contributed by atoms with E-state index in [1.165, 1.54) is 16.8 Å². The number of hydrogen-bond acceptors (Lipinski definition) is 3. The molecule has 0 atom stereocenters. The lowest BCUT2D eigenvalue weighted by Crippen LogP contribution is -1.99. The second-order valence-electron chi connectivity index (χ2n) is 5.99. The van der Waals surface area contributed by atoms with Gasteiger partial charge in [-0.1, -0.05) is 37.6 Å². The minimum atomic E-state index is 0.375. The van der Waals surface area contributed by atoms with Gasteiger partial charge in [-0.2, -0.15) is 5.26 Å². The smallest absolute Gasteiger partial charge is 0.194 e. The molecule has 0 amide bonds. The molecule has 0 saturated heterocycles. The number of thiazole rings is 1. The van der Waals surface area contributed by atoms with Crippen molar-refractivity contribution in [3.63, 3.8) is 0 Å². The maximum absolute atomic E-state index is 9.26. The molecule has 0 aliphatic heterocycles. The number of nitriles is 1. The fourth-order valence-corrected chi connectivity index (χ4v) is 3.94. The average molecular weight is 309 g/mol. The molecule has 2 heterocycles. The molecule has 3 rings (SSSR count). The van der Waals surface area contributed by atoms with Crippen molar-refractivity contribution in [2.75, 3.05) is 0 Å². The van der Waals surface area contributed by atoms with Gasteiger partial charge in [0.1, 0.15) is 0 Å². The Morgan fingerprint density at radius 3 is 2.73 bits per heavy atom. The Bertz CT molecular complexity index is 878. The fraction of sp³-hybridized carbons (Fsp3) is 0.333. The van der Waals surface area contributed by atoms with Crippen molar-refractivity contribution >= 4 is 16.3 Å². The van der Waals surface area contributed by atoms with Crippen molar-refractivity contribution in [2.45, 2.75) is 40.0 Å². The van der Waals surface area contributed by atoms with E-state index in [0.717, 1.165) is 21.9 Å². The number of rotatable bonds is 3. The van der Waals surface area contributed by atoms with Crippen LogP contribution in [0.3, 0.4) is 0 Å². The topological polar surface area (TPSA) is 41.1 Å². The number of aryl methyl sites for hydroxylation is 2. The Hall–Kier alpha value is -2.12. The normalized spacial score (nSPS) is 11.3. The van der Waals surface area contributed by atoms with E-state index in [2.05, 4.69) is 61.7 Å². The molecule has 1 aromatic carbocycles. The van der Waals surface area contributed by atoms with E-state index >= 15 is 0 Å². The third-order valence-corrected chi connectivity index (χ3v) is 4.80. The summed E-state index contributed by atoms with van der Waals surface area (Å²) >= 11 is 1.65. The second-order valence-corrected chi connectivity index (χ2v) is 6.83. The van der Waals surface area contributed by atoms with Crippen LogP contribution < -0.4 is 0 Å². The van der Waals surface area contributed by atoms with Gasteiger partial charge in [-0.25, -0.2) is 4.98 Å². The quantitative estimate of drug-likeness (QED) is 0.692. The van der Waals surface area contributed by atoms with E-state index in [-0.39, 0.29) is 0 Å². The van der Waals surface area contributed by atoms with Gasteiger partial charge in [0, 0.05) is 16.6 Å². The van der Waals surface area contributed by atoms with Gasteiger partial charge in [0.25, 0.3) is 0 Å². The molecule has 22 heavy (non-hydrogen) atoms. The molecule has 3 aromatic rings. The zero-order chi connectivity index (χ0) is 15.9. The molecule has 0 radical (unpaired) electrons. The van der Waals surface area contributed by atoms with E-state index in [1.807, 2.05) is 0 Å². The highest BCUT2D eigenvalue weighted by molar-refractivity contribution is 7.15. The summed E-state index contributed by atoms with van der Waals surface area (Å²) in [4.78, 5) is 5.80. The van der Waals surface area contributed by atoms with Crippen LogP contribution in [0.4, 0.5) is 0 Å². The van der Waals surface area contributed by atoms with Crippen molar-refractivity contribution in [1.82, 2.24) is 9.38 Å². The first-order valence-corrected chi connectivity index (χ1v) is 8.34. The van der Waals surface area contributed by atoms with Crippen LogP contribution in [0.15, 0.2) is 23.6 Å². The zero-order valence-corrected chi connectivity index (χ0v) is 14.2. The van der Waals surface area contributed by atoms with E-state index in [9.17, 15) is 5.26 Å². The molecular formula is C18H19N3S. The fourth-order valence-electron chi connectivity index (χ4n) is 2.87. The Balaban J connectivity index is 2.30. The summed E-state index contributed by atoms with van der Waals surface area (Å²) in [5.41, 5.74) is 6.76. The highest BCUT2D eigenvalue weighted by Crippen LogP contribution is 2.33. The Kier molecular flexibility index (Phi) is 3.76. The number of aromatic nitrogens is 2. The van der Waals surface area contributed by atoms with Gasteiger partial charge in [-0.15, -0.1) is 11.3 Å². The first-order chi connectivity index (χ1) is 10.5. The summed E-state index contributed by atoms with van der Waals surface area (Å²) in [6, 6.07) is 8.70. The van der Waals surface area contributed by atoms with Gasteiger partial charge in [-0.05, 0) is 25.3 Å². The Morgan fingerprint density at radius 1 is 1.32 bits per heavy atom. The Morgan fingerprint density at radius 2 is 2.09 bits per heavy atom. The molecule has 0 N–H and O–H groups in total. The summed E-state index contributed by atoms with van der Waals surface area (Å²) < 4.78 is 2.17. The number of benzene rings is 1. The van der Waals surface area contributed by atoms with Crippen LogP contribution in [0.5, 0.6) is 0 Å². The van der Waals surface area contributed by atoms with Crippen LogP contribution in [-0.4, -0.2) is 9.38 Å². The maximum atomic E-state index is 9.26.